The smallest absolute Gasteiger partial charge is 0.316 e. The maximum Gasteiger partial charge on any atom is 0.316 e. The molecule has 0 aromatic heterocycles. The summed E-state index contributed by atoms with van der Waals surface area (Å²) in [5.74, 6) is 3.68. The van der Waals surface area contributed by atoms with Crippen molar-refractivity contribution in [2.75, 3.05) is 12.4 Å². The number of carbonyl (C=O) groups excluding carboxylic acids is 2. The Balaban J connectivity index is 1.42. The summed E-state index contributed by atoms with van der Waals surface area (Å²) in [6.45, 7) is 12.9. The van der Waals surface area contributed by atoms with Crippen molar-refractivity contribution >= 4 is 23.5 Å². The van der Waals surface area contributed by atoms with Crippen LogP contribution in [0.3, 0.4) is 0 Å². The Morgan fingerprint density at radius 1 is 0.970 bits per heavy atom. The van der Waals surface area contributed by atoms with Crippen molar-refractivity contribution in [2.24, 2.45) is 40.4 Å². The molecule has 4 fully saturated rings. The van der Waals surface area contributed by atoms with Gasteiger partial charge in [-0.15, -0.1) is 11.8 Å². The van der Waals surface area contributed by atoms with Gasteiger partial charge < -0.3 is 9.84 Å². The Hall–Kier alpha value is -0.550. The number of fused-ring (bicyclic) bond motifs is 5. The molecule has 4 rings (SSSR count). The van der Waals surface area contributed by atoms with Crippen molar-refractivity contribution < 1.29 is 19.4 Å². The first-order chi connectivity index (χ1) is 15.3. The summed E-state index contributed by atoms with van der Waals surface area (Å²) in [5.41, 5.74) is 0.182. The first kappa shape index (κ1) is 25.5. The average molecular weight is 479 g/mol. The molecule has 0 radical (unpaired) electrons. The van der Waals surface area contributed by atoms with Crippen LogP contribution < -0.4 is 0 Å². The number of aliphatic hydroxyl groups excluding tert-OH is 1. The molecule has 188 valence electrons. The lowest BCUT2D eigenvalue weighted by Gasteiger charge is -2.62. The molecular weight excluding hydrogens is 432 g/mol. The largest absolute Gasteiger partial charge is 0.459 e. The molecule has 4 nitrogen and oxygen atoms in total. The van der Waals surface area contributed by atoms with Gasteiger partial charge in [-0.3, -0.25) is 9.59 Å². The molecule has 0 aromatic rings. The van der Waals surface area contributed by atoms with Gasteiger partial charge in [0.1, 0.15) is 11.4 Å². The second-order valence-corrected chi connectivity index (χ2v) is 15.0. The molecule has 33 heavy (non-hydrogen) atoms. The lowest BCUT2D eigenvalue weighted by molar-refractivity contribution is -0.178. The summed E-state index contributed by atoms with van der Waals surface area (Å²) in [6.07, 6.45) is 10.4. The van der Waals surface area contributed by atoms with Gasteiger partial charge in [-0.1, -0.05) is 13.8 Å². The van der Waals surface area contributed by atoms with Gasteiger partial charge in [0.15, 0.2) is 0 Å². The summed E-state index contributed by atoms with van der Waals surface area (Å²) in [4.78, 5) is 25.0. The standard InChI is InChI=1S/C28H46O4S/c1-18(30)21-9-10-22-20-8-7-19-15-26(4,32-24(31)16-33-25(2,3)17-29)13-14-27(19,5)23(20)11-12-28(21,22)6/h19-23,29H,7-17H2,1-6H3/t19-,20-,21+,22-,23-,26+,27-,28+/m0/s1. The highest BCUT2D eigenvalue weighted by Crippen LogP contribution is 2.68. The van der Waals surface area contributed by atoms with Crippen molar-refractivity contribution in [2.45, 2.75) is 110 Å². The average Bonchev–Trinajstić information content (AvgIpc) is 3.10. The monoisotopic (exact) mass is 478 g/mol. The number of ketones is 1. The van der Waals surface area contributed by atoms with Crippen LogP contribution in [0.4, 0.5) is 0 Å². The highest BCUT2D eigenvalue weighted by atomic mass is 32.2. The first-order valence-electron chi connectivity index (χ1n) is 13.3. The number of ether oxygens (including phenoxy) is 1. The molecule has 0 aliphatic heterocycles. The van der Waals surface area contributed by atoms with E-state index >= 15 is 0 Å². The van der Waals surface area contributed by atoms with Crippen molar-refractivity contribution in [1.29, 1.82) is 0 Å². The Morgan fingerprint density at radius 3 is 2.33 bits per heavy atom. The lowest BCUT2D eigenvalue weighted by Crippen LogP contribution is -2.56. The first-order valence-corrected chi connectivity index (χ1v) is 14.3. The van der Waals surface area contributed by atoms with Crippen LogP contribution in [-0.4, -0.2) is 39.6 Å². The zero-order chi connectivity index (χ0) is 24.2. The molecule has 0 bridgehead atoms. The van der Waals surface area contributed by atoms with Crippen LogP contribution in [0, 0.1) is 40.4 Å². The Labute approximate surface area is 205 Å². The zero-order valence-electron chi connectivity index (χ0n) is 21.7. The van der Waals surface area contributed by atoms with Crippen LogP contribution >= 0.6 is 11.8 Å². The minimum absolute atomic E-state index is 0.0540. The SMILES string of the molecule is CC(=O)[C@H]1CC[C@H]2[C@@H]3CC[C@H]4C[C@](C)(OC(=O)CSC(C)(C)CO)CC[C@]4(C)[C@H]3CC[C@]12C. The maximum atomic E-state index is 12.6. The second kappa shape index (κ2) is 8.84. The number of Topliss-reactive ketones (excluding diaryl/α,β-unsaturated/α-hetero) is 1. The molecule has 0 heterocycles. The summed E-state index contributed by atoms with van der Waals surface area (Å²) in [6, 6.07) is 0. The van der Waals surface area contributed by atoms with Crippen LogP contribution in [0.15, 0.2) is 0 Å². The minimum atomic E-state index is -0.367. The number of esters is 1. The van der Waals surface area contributed by atoms with Gasteiger partial charge >= 0.3 is 5.97 Å². The highest BCUT2D eigenvalue weighted by Gasteiger charge is 2.61. The molecule has 0 aromatic carbocycles. The fourth-order valence-corrected chi connectivity index (χ4v) is 9.44. The van der Waals surface area contributed by atoms with E-state index in [1.807, 2.05) is 20.8 Å². The molecule has 0 spiro atoms. The van der Waals surface area contributed by atoms with Crippen LogP contribution in [0.2, 0.25) is 0 Å². The van der Waals surface area contributed by atoms with E-state index in [9.17, 15) is 14.7 Å². The van der Waals surface area contributed by atoms with Gasteiger partial charge in [0, 0.05) is 10.7 Å². The third-order valence-corrected chi connectivity index (χ3v) is 12.0. The Morgan fingerprint density at radius 2 is 1.67 bits per heavy atom. The molecule has 4 aliphatic rings. The molecule has 8 atom stereocenters. The number of carbonyl (C=O) groups is 2. The van der Waals surface area contributed by atoms with Gasteiger partial charge in [-0.25, -0.2) is 0 Å². The highest BCUT2D eigenvalue weighted by molar-refractivity contribution is 8.01. The van der Waals surface area contributed by atoms with Crippen LogP contribution in [0.5, 0.6) is 0 Å². The number of aliphatic hydroxyl groups is 1. The van der Waals surface area contributed by atoms with Crippen molar-refractivity contribution in [3.05, 3.63) is 0 Å². The molecule has 0 amide bonds. The topological polar surface area (TPSA) is 63.6 Å². The molecule has 5 heteroatoms. The number of thioether (sulfide) groups is 1. The number of rotatable bonds is 6. The molecule has 1 N–H and O–H groups in total. The maximum absolute atomic E-state index is 12.6. The van der Waals surface area contributed by atoms with E-state index in [4.69, 9.17) is 4.74 Å². The van der Waals surface area contributed by atoms with Gasteiger partial charge in [0.2, 0.25) is 0 Å². The van der Waals surface area contributed by atoms with Crippen molar-refractivity contribution in [3.8, 4) is 0 Å². The van der Waals surface area contributed by atoms with E-state index in [2.05, 4.69) is 20.8 Å². The summed E-state index contributed by atoms with van der Waals surface area (Å²) in [5, 5.41) is 9.46. The van der Waals surface area contributed by atoms with E-state index in [1.54, 1.807) is 0 Å². The quantitative estimate of drug-likeness (QED) is 0.472. The van der Waals surface area contributed by atoms with Crippen LogP contribution in [-0.2, 0) is 14.3 Å². The fourth-order valence-electron chi connectivity index (χ4n) is 8.78. The minimum Gasteiger partial charge on any atom is -0.459 e. The van der Waals surface area contributed by atoms with Gasteiger partial charge in [-0.05, 0) is 120 Å². The third kappa shape index (κ3) is 4.55. The van der Waals surface area contributed by atoms with E-state index in [0.29, 0.717) is 28.8 Å². The Bertz CT molecular complexity index is 780. The summed E-state index contributed by atoms with van der Waals surface area (Å²) in [7, 11) is 0. The zero-order valence-corrected chi connectivity index (χ0v) is 22.6. The second-order valence-electron chi connectivity index (χ2n) is 13.3. The molecule has 0 unspecified atom stereocenters. The van der Waals surface area contributed by atoms with E-state index < -0.39 is 0 Å². The van der Waals surface area contributed by atoms with Crippen molar-refractivity contribution in [3.63, 3.8) is 0 Å². The van der Waals surface area contributed by atoms with Crippen LogP contribution in [0.1, 0.15) is 99.3 Å². The molecular formula is C28H46O4S. The fraction of sp³-hybridized carbons (Fsp3) is 0.929. The predicted octanol–water partition coefficient (Wildman–Crippen LogP) is 6.04. The summed E-state index contributed by atoms with van der Waals surface area (Å²) >= 11 is 1.47. The predicted molar refractivity (Wildman–Crippen MR) is 134 cm³/mol. The van der Waals surface area contributed by atoms with Crippen LogP contribution in [0.25, 0.3) is 0 Å². The van der Waals surface area contributed by atoms with E-state index in [0.717, 1.165) is 37.5 Å². The van der Waals surface area contributed by atoms with Gasteiger partial charge in [-0.2, -0.15) is 0 Å². The third-order valence-electron chi connectivity index (χ3n) is 10.7. The Kier molecular flexibility index (Phi) is 6.84. The number of hydrogen-bond donors (Lipinski definition) is 1. The van der Waals surface area contributed by atoms with E-state index in [1.165, 1.54) is 43.9 Å². The normalized spacial score (nSPS) is 45.0. The number of hydrogen-bond acceptors (Lipinski definition) is 5. The molecule has 0 saturated heterocycles. The van der Waals surface area contributed by atoms with Crippen molar-refractivity contribution in [1.82, 2.24) is 0 Å². The summed E-state index contributed by atoms with van der Waals surface area (Å²) < 4.78 is 5.78. The van der Waals surface area contributed by atoms with E-state index in [-0.39, 0.29) is 34.3 Å². The van der Waals surface area contributed by atoms with Gasteiger partial charge in [0.05, 0.1) is 12.4 Å². The lowest BCUT2D eigenvalue weighted by atomic mass is 9.44. The van der Waals surface area contributed by atoms with Gasteiger partial charge in [0.25, 0.3) is 0 Å². The molecule has 4 saturated carbocycles. The molecule has 4 aliphatic carbocycles.